The van der Waals surface area contributed by atoms with E-state index in [2.05, 4.69) is 4.98 Å². The molecule has 0 aliphatic carbocycles. The second kappa shape index (κ2) is 8.89. The van der Waals surface area contributed by atoms with Crippen LogP contribution >= 0.6 is 15.5 Å². The van der Waals surface area contributed by atoms with E-state index in [4.69, 9.17) is 13.8 Å². The lowest BCUT2D eigenvalue weighted by atomic mass is 9.92. The van der Waals surface area contributed by atoms with Crippen molar-refractivity contribution in [3.8, 4) is 5.75 Å². The minimum atomic E-state index is -5.01. The van der Waals surface area contributed by atoms with Gasteiger partial charge < -0.3 is 14.7 Å². The smallest absolute Gasteiger partial charge is 0.427 e. The Bertz CT molecular complexity index is 1010. The topological polar surface area (TPSA) is 156 Å². The minimum absolute atomic E-state index is 0.158. The van der Waals surface area contributed by atoms with Crippen molar-refractivity contribution in [2.24, 2.45) is 5.41 Å². The Labute approximate surface area is 185 Å². The minimum Gasteiger partial charge on any atom is -0.427 e. The van der Waals surface area contributed by atoms with E-state index < -0.39 is 39.3 Å². The first kappa shape index (κ1) is 24.9. The summed E-state index contributed by atoms with van der Waals surface area (Å²) in [5.74, 6) is -0.195. The van der Waals surface area contributed by atoms with Crippen LogP contribution in [-0.2, 0) is 24.8 Å². The number of carbonyl (C=O) groups is 1. The number of aliphatic hydroxyl groups is 1. The van der Waals surface area contributed by atoms with E-state index in [1.807, 2.05) is 20.8 Å². The van der Waals surface area contributed by atoms with E-state index in [9.17, 15) is 29.1 Å². The normalized spacial score (nSPS) is 27.7. The lowest BCUT2D eigenvalue weighted by molar-refractivity contribution is -0.136. The lowest BCUT2D eigenvalue weighted by Crippen LogP contribution is -2.40. The second-order valence-electron chi connectivity index (χ2n) is 8.70. The molecule has 1 aromatic carbocycles. The summed E-state index contributed by atoms with van der Waals surface area (Å²) in [4.78, 5) is 47.2. The fourth-order valence-electron chi connectivity index (χ4n) is 3.01. The van der Waals surface area contributed by atoms with Crippen LogP contribution in [0, 0.1) is 5.41 Å². The number of pyridine rings is 1. The van der Waals surface area contributed by atoms with Crippen molar-refractivity contribution in [1.29, 1.82) is 0 Å². The average molecular weight is 486 g/mol. The van der Waals surface area contributed by atoms with Crippen molar-refractivity contribution in [3.63, 3.8) is 0 Å². The molecule has 4 N–H and O–H groups in total. The Balaban J connectivity index is 1.77. The number of aromatic nitrogens is 1. The summed E-state index contributed by atoms with van der Waals surface area (Å²) in [7, 11) is -9.83. The molecule has 32 heavy (non-hydrogen) atoms. The molecule has 174 valence electrons. The van der Waals surface area contributed by atoms with E-state index in [1.165, 1.54) is 48.8 Å². The van der Waals surface area contributed by atoms with Crippen LogP contribution in [-0.4, -0.2) is 35.8 Å². The third-order valence-corrected chi connectivity index (χ3v) is 9.28. The summed E-state index contributed by atoms with van der Waals surface area (Å²) in [6.07, 6.45) is 0.714. The van der Waals surface area contributed by atoms with Gasteiger partial charge in [-0.15, -0.1) is 4.52 Å². The number of nitrogens with zero attached hydrogens (tertiary/aromatic N) is 1. The molecule has 10 nitrogen and oxygen atoms in total. The Morgan fingerprint density at radius 3 is 2.44 bits per heavy atom. The van der Waals surface area contributed by atoms with Gasteiger partial charge in [-0.25, -0.2) is 0 Å². The summed E-state index contributed by atoms with van der Waals surface area (Å²) in [6, 6.07) is 8.62. The number of ether oxygens (including phenoxy) is 1. The van der Waals surface area contributed by atoms with E-state index >= 15 is 0 Å². The van der Waals surface area contributed by atoms with Gasteiger partial charge in [-0.05, 0) is 29.2 Å². The maximum atomic E-state index is 12.9. The summed E-state index contributed by atoms with van der Waals surface area (Å²) in [5.41, 5.74) is 0.194. The molecule has 3 unspecified atom stereocenters. The zero-order valence-electron chi connectivity index (χ0n) is 17.8. The van der Waals surface area contributed by atoms with Gasteiger partial charge in [0.1, 0.15) is 5.75 Å². The molecule has 1 saturated heterocycles. The van der Waals surface area contributed by atoms with Crippen LogP contribution in [0.25, 0.3) is 0 Å². The third-order valence-electron chi connectivity index (χ3n) is 4.62. The highest BCUT2D eigenvalue weighted by molar-refractivity contribution is 7.76. The van der Waals surface area contributed by atoms with E-state index in [1.54, 1.807) is 0 Å². The first-order valence-corrected chi connectivity index (χ1v) is 12.9. The number of hydrogen-bond donors (Lipinski definition) is 4. The molecule has 2 aromatic rings. The monoisotopic (exact) mass is 486 g/mol. The zero-order chi connectivity index (χ0) is 23.8. The van der Waals surface area contributed by atoms with Gasteiger partial charge in [-0.1, -0.05) is 39.0 Å². The van der Waals surface area contributed by atoms with Crippen molar-refractivity contribution in [1.82, 2.24) is 4.98 Å². The highest BCUT2D eigenvalue weighted by Crippen LogP contribution is 2.82. The van der Waals surface area contributed by atoms with E-state index in [-0.39, 0.29) is 28.7 Å². The van der Waals surface area contributed by atoms with Gasteiger partial charge in [0.15, 0.2) is 0 Å². The van der Waals surface area contributed by atoms with E-state index in [0.29, 0.717) is 0 Å². The number of hydrogen-bond acceptors (Lipinski definition) is 9. The molecule has 1 aliphatic rings. The molecule has 0 radical (unpaired) electrons. The second-order valence-corrected chi connectivity index (χ2v) is 13.1. The van der Waals surface area contributed by atoms with Gasteiger partial charge >= 0.3 is 26.6 Å². The highest BCUT2D eigenvalue weighted by Gasteiger charge is 2.77. The first-order chi connectivity index (χ1) is 14.7. The van der Waals surface area contributed by atoms with Crippen LogP contribution in [0.2, 0.25) is 0 Å². The maximum Gasteiger partial charge on any atom is 0.457 e. The van der Waals surface area contributed by atoms with Crippen LogP contribution < -0.4 is 4.74 Å². The summed E-state index contributed by atoms with van der Waals surface area (Å²) in [6.45, 7) is 5.70. The van der Waals surface area contributed by atoms with Crippen LogP contribution in [0.4, 0.5) is 0 Å². The first-order valence-electron chi connectivity index (χ1n) is 9.69. The standard InChI is InChI=1S/C20H25NO9P2/c1-19(2,3)12-17(22)28-16-8-6-15(7-9-16)18-29-31(24,25)20(23,32(26,27)30-18)11-14-5-4-10-21-13-14/h4-10,13,18,23-25H,11-12H2,1-3H3/p+1. The number of esters is 1. The summed E-state index contributed by atoms with van der Waals surface area (Å²) < 4.78 is 28.4. The zero-order valence-corrected chi connectivity index (χ0v) is 19.6. The molecular formula is C20H26NO9P2+. The van der Waals surface area contributed by atoms with Gasteiger partial charge in [0.05, 0.1) is 12.8 Å². The van der Waals surface area contributed by atoms with Crippen molar-refractivity contribution >= 4 is 21.5 Å². The van der Waals surface area contributed by atoms with Crippen LogP contribution in [0.15, 0.2) is 48.8 Å². The Morgan fingerprint density at radius 2 is 1.91 bits per heavy atom. The molecule has 12 heteroatoms. The van der Waals surface area contributed by atoms with Gasteiger partial charge in [-0.2, -0.15) is 9.79 Å². The van der Waals surface area contributed by atoms with Crippen LogP contribution in [0.3, 0.4) is 0 Å². The van der Waals surface area contributed by atoms with Gasteiger partial charge in [-0.3, -0.25) is 18.9 Å². The third kappa shape index (κ3) is 5.42. The van der Waals surface area contributed by atoms with Gasteiger partial charge in [0.2, 0.25) is 6.29 Å². The SMILES string of the molecule is CC(C)(C)CC(=O)Oc1ccc(C2OP(=O)(O)C(O)(Cc3cccnc3)[P+](O)(O)O2)cc1. The summed E-state index contributed by atoms with van der Waals surface area (Å²) in [5, 5.41) is 7.83. The highest BCUT2D eigenvalue weighted by atomic mass is 31.3. The van der Waals surface area contributed by atoms with Gasteiger partial charge in [0.25, 0.3) is 0 Å². The predicted molar refractivity (Wildman–Crippen MR) is 115 cm³/mol. The largest absolute Gasteiger partial charge is 0.457 e. The quantitative estimate of drug-likeness (QED) is 0.281. The lowest BCUT2D eigenvalue weighted by Gasteiger charge is -2.38. The number of carbonyl (C=O) groups excluding carboxylic acids is 1. The maximum absolute atomic E-state index is 12.9. The van der Waals surface area contributed by atoms with Crippen molar-refractivity contribution in [3.05, 3.63) is 59.9 Å². The van der Waals surface area contributed by atoms with Crippen molar-refractivity contribution in [2.75, 3.05) is 0 Å². The predicted octanol–water partition coefficient (Wildman–Crippen LogP) is 3.29. The Hall–Kier alpha value is -1.74. The van der Waals surface area contributed by atoms with Crippen LogP contribution in [0.5, 0.6) is 5.75 Å². The van der Waals surface area contributed by atoms with Crippen molar-refractivity contribution in [2.45, 2.75) is 45.0 Å². The molecule has 1 aromatic heterocycles. The molecule has 3 atom stereocenters. The number of rotatable bonds is 5. The molecule has 3 rings (SSSR count). The molecule has 1 fully saturated rings. The molecular weight excluding hydrogens is 460 g/mol. The molecule has 0 bridgehead atoms. The van der Waals surface area contributed by atoms with Gasteiger partial charge in [0, 0.05) is 18.0 Å². The number of benzene rings is 1. The Morgan fingerprint density at radius 1 is 1.25 bits per heavy atom. The molecule has 2 heterocycles. The summed E-state index contributed by atoms with van der Waals surface area (Å²) >= 11 is 0. The molecule has 0 amide bonds. The molecule has 0 saturated carbocycles. The van der Waals surface area contributed by atoms with E-state index in [0.717, 1.165) is 0 Å². The average Bonchev–Trinajstić information content (AvgIpc) is 2.66. The molecule has 1 aliphatic heterocycles. The van der Waals surface area contributed by atoms with Crippen molar-refractivity contribution < 1.29 is 42.9 Å². The Kier molecular flexibility index (Phi) is 6.92. The molecule has 0 spiro atoms. The fraction of sp³-hybridized carbons (Fsp3) is 0.400. The fourth-order valence-corrected chi connectivity index (χ4v) is 6.64. The van der Waals surface area contributed by atoms with Crippen LogP contribution in [0.1, 0.15) is 44.6 Å².